The van der Waals surface area contributed by atoms with Crippen LogP contribution in [0.1, 0.15) is 42.3 Å². The highest BCUT2D eigenvalue weighted by atomic mass is 16.2. The summed E-state index contributed by atoms with van der Waals surface area (Å²) in [5.41, 5.74) is 2.66. The van der Waals surface area contributed by atoms with Gasteiger partial charge in [-0.2, -0.15) is 0 Å². The van der Waals surface area contributed by atoms with E-state index >= 15 is 0 Å². The fourth-order valence-electron chi connectivity index (χ4n) is 4.21. The van der Waals surface area contributed by atoms with Crippen LogP contribution in [0.15, 0.2) is 36.7 Å². The van der Waals surface area contributed by atoms with Crippen LogP contribution in [0.5, 0.6) is 0 Å². The van der Waals surface area contributed by atoms with E-state index in [1.807, 2.05) is 24.3 Å². The number of fused-ring (bicyclic) bond motifs is 1. The van der Waals surface area contributed by atoms with Crippen LogP contribution in [0.25, 0.3) is 0 Å². The quantitative estimate of drug-likeness (QED) is 0.935. The van der Waals surface area contributed by atoms with E-state index in [-0.39, 0.29) is 12.1 Å². The second kappa shape index (κ2) is 6.90. The van der Waals surface area contributed by atoms with Crippen molar-refractivity contribution in [2.45, 2.75) is 38.1 Å². The number of piperidine rings is 1. The number of benzene rings is 1. The molecule has 1 aliphatic heterocycles. The Balaban J connectivity index is 1.37. The van der Waals surface area contributed by atoms with E-state index in [1.54, 1.807) is 0 Å². The van der Waals surface area contributed by atoms with Crippen molar-refractivity contribution >= 4 is 6.03 Å². The highest BCUT2D eigenvalue weighted by Gasteiger charge is 2.28. The number of aromatic nitrogens is 2. The fraction of sp³-hybridized carbons (Fsp3) is 0.500. The molecule has 0 saturated carbocycles. The predicted molar refractivity (Wildman–Crippen MR) is 97.2 cm³/mol. The van der Waals surface area contributed by atoms with Gasteiger partial charge in [-0.3, -0.25) is 0 Å². The molecule has 0 radical (unpaired) electrons. The molecule has 1 N–H and O–H groups in total. The van der Waals surface area contributed by atoms with Gasteiger partial charge in [-0.25, -0.2) is 9.78 Å². The lowest BCUT2D eigenvalue weighted by atomic mass is 9.94. The third kappa shape index (κ3) is 3.41. The van der Waals surface area contributed by atoms with E-state index in [4.69, 9.17) is 0 Å². The minimum atomic E-state index is 0.0891. The van der Waals surface area contributed by atoms with E-state index < -0.39 is 0 Å². The SMILES string of the molecule is Cn1ccnc1C[C@@H]1CCCN(C(=O)N[C@@H]2CCc3ccccc32)C1. The number of nitrogens with zero attached hydrogens (tertiary/aromatic N) is 3. The molecule has 1 aromatic heterocycles. The zero-order valence-corrected chi connectivity index (χ0v) is 14.8. The summed E-state index contributed by atoms with van der Waals surface area (Å²) < 4.78 is 2.08. The minimum absolute atomic E-state index is 0.0891. The lowest BCUT2D eigenvalue weighted by Gasteiger charge is -2.33. The molecular weight excluding hydrogens is 312 g/mol. The van der Waals surface area contributed by atoms with Crippen molar-refractivity contribution in [2.24, 2.45) is 13.0 Å². The Kier molecular flexibility index (Phi) is 4.47. The van der Waals surface area contributed by atoms with Crippen molar-refractivity contribution in [3.05, 3.63) is 53.6 Å². The molecule has 5 nitrogen and oxygen atoms in total. The maximum Gasteiger partial charge on any atom is 0.317 e. The fourth-order valence-corrected chi connectivity index (χ4v) is 4.21. The average molecular weight is 338 g/mol. The smallest absolute Gasteiger partial charge is 0.317 e. The standard InChI is InChI=1S/C20H26N4O/c1-23-12-10-21-19(23)13-15-5-4-11-24(14-15)20(25)22-18-9-8-16-6-2-3-7-17(16)18/h2-3,6-7,10,12,15,18H,4-5,8-9,11,13-14H2,1H3,(H,22,25)/t15-,18+/m0/s1. The molecule has 1 aliphatic carbocycles. The summed E-state index contributed by atoms with van der Waals surface area (Å²) >= 11 is 0. The summed E-state index contributed by atoms with van der Waals surface area (Å²) in [5.74, 6) is 1.61. The number of urea groups is 1. The van der Waals surface area contributed by atoms with Gasteiger partial charge in [-0.15, -0.1) is 0 Å². The molecule has 4 rings (SSSR count). The molecule has 0 unspecified atom stereocenters. The number of hydrogen-bond acceptors (Lipinski definition) is 2. The Morgan fingerprint density at radius 2 is 2.20 bits per heavy atom. The molecule has 1 saturated heterocycles. The van der Waals surface area contributed by atoms with Crippen LogP contribution in [0.2, 0.25) is 0 Å². The summed E-state index contributed by atoms with van der Waals surface area (Å²) in [5, 5.41) is 3.26. The second-order valence-electron chi connectivity index (χ2n) is 7.35. The van der Waals surface area contributed by atoms with Gasteiger partial charge in [0.25, 0.3) is 0 Å². The molecule has 2 aliphatic rings. The minimum Gasteiger partial charge on any atom is -0.338 e. The number of imidazole rings is 1. The van der Waals surface area contributed by atoms with E-state index in [1.165, 1.54) is 17.5 Å². The first-order valence-corrected chi connectivity index (χ1v) is 9.30. The summed E-state index contributed by atoms with van der Waals surface area (Å²) in [7, 11) is 2.03. The first-order valence-electron chi connectivity index (χ1n) is 9.30. The number of amides is 2. The number of hydrogen-bond donors (Lipinski definition) is 1. The number of aryl methyl sites for hydroxylation is 2. The van der Waals surface area contributed by atoms with Crippen LogP contribution in [0.3, 0.4) is 0 Å². The molecule has 1 fully saturated rings. The zero-order valence-electron chi connectivity index (χ0n) is 14.8. The maximum absolute atomic E-state index is 12.8. The summed E-state index contributed by atoms with van der Waals surface area (Å²) in [4.78, 5) is 19.2. The molecule has 0 spiro atoms. The van der Waals surface area contributed by atoms with Crippen molar-refractivity contribution in [3.8, 4) is 0 Å². The van der Waals surface area contributed by atoms with Crippen LogP contribution in [0, 0.1) is 5.92 Å². The van der Waals surface area contributed by atoms with Gasteiger partial charge in [-0.05, 0) is 42.7 Å². The van der Waals surface area contributed by atoms with Gasteiger partial charge in [0, 0.05) is 39.0 Å². The van der Waals surface area contributed by atoms with Crippen LogP contribution in [0.4, 0.5) is 4.79 Å². The number of carbonyl (C=O) groups is 1. The maximum atomic E-state index is 12.8. The molecule has 2 amide bonds. The van der Waals surface area contributed by atoms with Crippen molar-refractivity contribution in [1.29, 1.82) is 0 Å². The van der Waals surface area contributed by atoms with E-state index in [0.29, 0.717) is 5.92 Å². The second-order valence-corrected chi connectivity index (χ2v) is 7.35. The van der Waals surface area contributed by atoms with Crippen molar-refractivity contribution < 1.29 is 4.79 Å². The third-order valence-corrected chi connectivity index (χ3v) is 5.63. The first-order chi connectivity index (χ1) is 12.2. The molecule has 132 valence electrons. The monoisotopic (exact) mass is 338 g/mol. The molecule has 0 bridgehead atoms. The van der Waals surface area contributed by atoms with Crippen LogP contribution in [-0.2, 0) is 19.9 Å². The Morgan fingerprint density at radius 3 is 3.04 bits per heavy atom. The van der Waals surface area contributed by atoms with Gasteiger partial charge in [0.2, 0.25) is 0 Å². The highest BCUT2D eigenvalue weighted by molar-refractivity contribution is 5.75. The van der Waals surface area contributed by atoms with Crippen molar-refractivity contribution in [1.82, 2.24) is 19.8 Å². The lowest BCUT2D eigenvalue weighted by Crippen LogP contribution is -2.46. The van der Waals surface area contributed by atoms with Crippen LogP contribution < -0.4 is 5.32 Å². The number of rotatable bonds is 3. The molecular formula is C20H26N4O. The topological polar surface area (TPSA) is 50.2 Å². The molecule has 2 aromatic rings. The zero-order chi connectivity index (χ0) is 17.2. The number of carbonyl (C=O) groups excluding carboxylic acids is 1. The molecule has 5 heteroatoms. The van der Waals surface area contributed by atoms with E-state index in [9.17, 15) is 4.79 Å². The van der Waals surface area contributed by atoms with E-state index in [0.717, 1.165) is 44.6 Å². The van der Waals surface area contributed by atoms with Crippen LogP contribution in [-0.4, -0.2) is 33.6 Å². The first kappa shape index (κ1) is 16.2. The number of likely N-dealkylation sites (tertiary alicyclic amines) is 1. The van der Waals surface area contributed by atoms with Gasteiger partial charge >= 0.3 is 6.03 Å². The van der Waals surface area contributed by atoms with E-state index in [2.05, 4.69) is 39.1 Å². The molecule has 1 aromatic carbocycles. The normalized spacial score (nSPS) is 22.7. The highest BCUT2D eigenvalue weighted by Crippen LogP contribution is 2.31. The molecule has 25 heavy (non-hydrogen) atoms. The third-order valence-electron chi connectivity index (χ3n) is 5.63. The van der Waals surface area contributed by atoms with Crippen molar-refractivity contribution in [2.75, 3.05) is 13.1 Å². The van der Waals surface area contributed by atoms with Crippen molar-refractivity contribution in [3.63, 3.8) is 0 Å². The molecule has 2 atom stereocenters. The van der Waals surface area contributed by atoms with Gasteiger partial charge in [-0.1, -0.05) is 24.3 Å². The number of nitrogens with one attached hydrogen (secondary N) is 1. The Morgan fingerprint density at radius 1 is 1.32 bits per heavy atom. The van der Waals surface area contributed by atoms with Gasteiger partial charge in [0.05, 0.1) is 6.04 Å². The predicted octanol–water partition coefficient (Wildman–Crippen LogP) is 3.07. The summed E-state index contributed by atoms with van der Waals surface area (Å²) in [6.07, 6.45) is 9.09. The summed E-state index contributed by atoms with van der Waals surface area (Å²) in [6, 6.07) is 8.71. The Bertz CT molecular complexity index is 754. The van der Waals surface area contributed by atoms with Crippen LogP contribution >= 0.6 is 0 Å². The average Bonchev–Trinajstić information content (AvgIpc) is 3.22. The van der Waals surface area contributed by atoms with Gasteiger partial charge in [0.15, 0.2) is 0 Å². The Labute approximate surface area is 149 Å². The molecule has 2 heterocycles. The Hall–Kier alpha value is -2.30. The summed E-state index contributed by atoms with van der Waals surface area (Å²) in [6.45, 7) is 1.68. The van der Waals surface area contributed by atoms with Gasteiger partial charge < -0.3 is 14.8 Å². The largest absolute Gasteiger partial charge is 0.338 e. The van der Waals surface area contributed by atoms with Gasteiger partial charge in [0.1, 0.15) is 5.82 Å². The lowest BCUT2D eigenvalue weighted by molar-refractivity contribution is 0.161.